The van der Waals surface area contributed by atoms with Gasteiger partial charge in [0.15, 0.2) is 5.69 Å². The van der Waals surface area contributed by atoms with E-state index < -0.39 is 0 Å². The van der Waals surface area contributed by atoms with Crippen LogP contribution in [0.15, 0.2) is 6.07 Å². The summed E-state index contributed by atoms with van der Waals surface area (Å²) in [5.41, 5.74) is 1.65. The van der Waals surface area contributed by atoms with Crippen LogP contribution in [0.2, 0.25) is 0 Å². The van der Waals surface area contributed by atoms with Gasteiger partial charge in [0.25, 0.3) is 5.91 Å². The minimum absolute atomic E-state index is 0.0226. The van der Waals surface area contributed by atoms with Crippen molar-refractivity contribution in [3.05, 3.63) is 17.5 Å². The highest BCUT2D eigenvalue weighted by molar-refractivity contribution is 5.92. The van der Waals surface area contributed by atoms with E-state index in [9.17, 15) is 4.79 Å². The van der Waals surface area contributed by atoms with E-state index >= 15 is 0 Å². The molecule has 0 bridgehead atoms. The third-order valence-electron chi connectivity index (χ3n) is 5.08. The molecule has 0 radical (unpaired) electrons. The van der Waals surface area contributed by atoms with Crippen molar-refractivity contribution in [1.29, 1.82) is 0 Å². The van der Waals surface area contributed by atoms with Crippen molar-refractivity contribution in [1.82, 2.24) is 19.6 Å². The van der Waals surface area contributed by atoms with E-state index in [0.29, 0.717) is 31.4 Å². The second kappa shape index (κ2) is 8.29. The summed E-state index contributed by atoms with van der Waals surface area (Å²) in [5, 5.41) is 4.57. The van der Waals surface area contributed by atoms with Gasteiger partial charge in [-0.2, -0.15) is 5.10 Å². The van der Waals surface area contributed by atoms with Crippen LogP contribution in [0.25, 0.3) is 0 Å². The van der Waals surface area contributed by atoms with Crippen LogP contribution < -0.4 is 0 Å². The molecule has 0 aromatic carbocycles. The number of amides is 1. The van der Waals surface area contributed by atoms with Gasteiger partial charge in [-0.3, -0.25) is 14.4 Å². The third-order valence-corrected chi connectivity index (χ3v) is 5.08. The smallest absolute Gasteiger partial charge is 0.274 e. The van der Waals surface area contributed by atoms with Gasteiger partial charge < -0.3 is 14.4 Å². The minimum Gasteiger partial charge on any atom is -0.383 e. The first-order valence-corrected chi connectivity index (χ1v) is 9.29. The maximum Gasteiger partial charge on any atom is 0.274 e. The van der Waals surface area contributed by atoms with E-state index in [1.54, 1.807) is 7.11 Å². The van der Waals surface area contributed by atoms with Gasteiger partial charge in [-0.15, -0.1) is 0 Å². The number of fused-ring (bicyclic) bond motifs is 1. The Kier molecular flexibility index (Phi) is 6.09. The van der Waals surface area contributed by atoms with Crippen LogP contribution in [0.3, 0.4) is 0 Å². The molecule has 1 saturated heterocycles. The van der Waals surface area contributed by atoms with Crippen LogP contribution in [-0.2, 0) is 22.6 Å². The van der Waals surface area contributed by atoms with E-state index in [-0.39, 0.29) is 12.0 Å². The second-order valence-corrected chi connectivity index (χ2v) is 7.19. The fourth-order valence-electron chi connectivity index (χ4n) is 3.51. The lowest BCUT2D eigenvalue weighted by molar-refractivity contribution is 0.0451. The lowest BCUT2D eigenvalue weighted by Crippen LogP contribution is -2.39. The Labute approximate surface area is 149 Å². The van der Waals surface area contributed by atoms with Crippen LogP contribution in [0.4, 0.5) is 0 Å². The molecular formula is C18H30N4O3. The first kappa shape index (κ1) is 18.4. The molecule has 2 aliphatic rings. The van der Waals surface area contributed by atoms with Crippen molar-refractivity contribution < 1.29 is 14.3 Å². The van der Waals surface area contributed by atoms with Crippen molar-refractivity contribution in [2.24, 2.45) is 0 Å². The lowest BCUT2D eigenvalue weighted by atomic mass is 10.2. The molecule has 1 aromatic rings. The zero-order valence-electron chi connectivity index (χ0n) is 15.6. The fourth-order valence-corrected chi connectivity index (χ4v) is 3.51. The Morgan fingerprint density at radius 1 is 1.48 bits per heavy atom. The van der Waals surface area contributed by atoms with Gasteiger partial charge in [0, 0.05) is 45.9 Å². The number of carbonyl (C=O) groups is 1. The number of ether oxygens (including phenoxy) is 2. The summed E-state index contributed by atoms with van der Waals surface area (Å²) in [5.74, 6) is -0.0226. The van der Waals surface area contributed by atoms with Crippen LogP contribution in [-0.4, -0.2) is 77.6 Å². The maximum atomic E-state index is 13.0. The average Bonchev–Trinajstić information content (AvgIpc) is 3.26. The van der Waals surface area contributed by atoms with Crippen molar-refractivity contribution >= 4 is 5.91 Å². The molecule has 7 heteroatoms. The van der Waals surface area contributed by atoms with Gasteiger partial charge in [0.05, 0.1) is 24.9 Å². The highest BCUT2D eigenvalue weighted by atomic mass is 16.5. The molecule has 3 rings (SSSR count). The number of hydrogen-bond donors (Lipinski definition) is 0. The van der Waals surface area contributed by atoms with Crippen LogP contribution >= 0.6 is 0 Å². The molecular weight excluding hydrogens is 320 g/mol. The molecule has 2 aliphatic heterocycles. The zero-order valence-corrected chi connectivity index (χ0v) is 15.6. The summed E-state index contributed by atoms with van der Waals surface area (Å²) in [6.45, 7) is 9.56. The van der Waals surface area contributed by atoms with E-state index in [4.69, 9.17) is 9.47 Å². The van der Waals surface area contributed by atoms with Crippen molar-refractivity contribution in [3.8, 4) is 0 Å². The molecule has 0 N–H and O–H groups in total. The van der Waals surface area contributed by atoms with Gasteiger partial charge in [-0.25, -0.2) is 0 Å². The predicted octanol–water partition coefficient (Wildman–Crippen LogP) is 1.37. The average molecular weight is 350 g/mol. The molecule has 1 amide bonds. The van der Waals surface area contributed by atoms with E-state index in [2.05, 4.69) is 23.8 Å². The molecule has 7 nitrogen and oxygen atoms in total. The highest BCUT2D eigenvalue weighted by Gasteiger charge is 2.27. The molecule has 1 atom stereocenters. The second-order valence-electron chi connectivity index (χ2n) is 7.19. The fraction of sp³-hybridized carbons (Fsp3) is 0.778. The Bertz CT molecular complexity index is 581. The number of hydrogen-bond acceptors (Lipinski definition) is 5. The zero-order chi connectivity index (χ0) is 17.8. The normalized spacial score (nSPS) is 20.9. The summed E-state index contributed by atoms with van der Waals surface area (Å²) in [4.78, 5) is 17.2. The standard InChI is InChI=1S/C18H30N4O3/c1-14(2)20-6-7-22-15(12-20)11-17(19-22)18(23)21(8-10-24-3)13-16-5-4-9-25-16/h11,14,16H,4-10,12-13H2,1-3H3/t16-/m1/s1. The molecule has 0 spiro atoms. The van der Waals surface area contributed by atoms with Gasteiger partial charge in [-0.05, 0) is 32.8 Å². The number of methoxy groups -OCH3 is 1. The van der Waals surface area contributed by atoms with Gasteiger partial charge in [0.2, 0.25) is 0 Å². The Morgan fingerprint density at radius 2 is 2.32 bits per heavy atom. The molecule has 0 unspecified atom stereocenters. The van der Waals surface area contributed by atoms with Gasteiger partial charge in [0.1, 0.15) is 0 Å². The summed E-state index contributed by atoms with van der Waals surface area (Å²) >= 11 is 0. The first-order valence-electron chi connectivity index (χ1n) is 9.29. The van der Waals surface area contributed by atoms with Crippen molar-refractivity contribution in [3.63, 3.8) is 0 Å². The number of nitrogens with zero attached hydrogens (tertiary/aromatic N) is 4. The minimum atomic E-state index is -0.0226. The molecule has 0 aliphatic carbocycles. The van der Waals surface area contributed by atoms with Crippen LogP contribution in [0.1, 0.15) is 42.9 Å². The monoisotopic (exact) mass is 350 g/mol. The third kappa shape index (κ3) is 4.40. The lowest BCUT2D eigenvalue weighted by Gasteiger charge is -2.30. The van der Waals surface area contributed by atoms with Gasteiger partial charge >= 0.3 is 0 Å². The summed E-state index contributed by atoms with van der Waals surface area (Å²) < 4.78 is 12.9. The highest BCUT2D eigenvalue weighted by Crippen LogP contribution is 2.18. The molecule has 1 fully saturated rings. The van der Waals surface area contributed by atoms with Crippen LogP contribution in [0.5, 0.6) is 0 Å². The van der Waals surface area contributed by atoms with E-state index in [1.165, 1.54) is 0 Å². The number of rotatable bonds is 7. The topological polar surface area (TPSA) is 59.8 Å². The van der Waals surface area contributed by atoms with Crippen molar-refractivity contribution in [2.75, 3.05) is 40.0 Å². The Morgan fingerprint density at radius 3 is 3.00 bits per heavy atom. The van der Waals surface area contributed by atoms with E-state index in [1.807, 2.05) is 15.6 Å². The summed E-state index contributed by atoms with van der Waals surface area (Å²) in [6.07, 6.45) is 2.22. The predicted molar refractivity (Wildman–Crippen MR) is 94.5 cm³/mol. The molecule has 25 heavy (non-hydrogen) atoms. The van der Waals surface area contributed by atoms with Crippen molar-refractivity contribution in [2.45, 2.75) is 51.9 Å². The summed E-state index contributed by atoms with van der Waals surface area (Å²) in [7, 11) is 1.66. The van der Waals surface area contributed by atoms with Crippen LogP contribution in [0, 0.1) is 0 Å². The SMILES string of the molecule is COCCN(C[C@H]1CCCO1)C(=O)c1cc2n(n1)CCN(C(C)C)C2. The Balaban J connectivity index is 1.70. The van der Waals surface area contributed by atoms with Gasteiger partial charge in [-0.1, -0.05) is 0 Å². The Hall–Kier alpha value is -1.44. The summed E-state index contributed by atoms with van der Waals surface area (Å²) in [6, 6.07) is 2.45. The largest absolute Gasteiger partial charge is 0.383 e. The maximum absolute atomic E-state index is 13.0. The number of aromatic nitrogens is 2. The first-order chi connectivity index (χ1) is 12.1. The molecule has 0 saturated carbocycles. The van der Waals surface area contributed by atoms with E-state index in [0.717, 1.165) is 44.8 Å². The molecule has 3 heterocycles. The molecule has 1 aromatic heterocycles. The molecule has 140 valence electrons. The number of carbonyl (C=O) groups excluding carboxylic acids is 1. The quantitative estimate of drug-likeness (QED) is 0.743.